The third-order valence-electron chi connectivity index (χ3n) is 4.37. The zero-order valence-corrected chi connectivity index (χ0v) is 16.0. The number of amides is 1. The Hall–Kier alpha value is -2.56. The lowest BCUT2D eigenvalue weighted by atomic mass is 9.99. The number of rotatable bonds is 3. The maximum Gasteiger partial charge on any atom is 0.407 e. The Morgan fingerprint density at radius 2 is 2.00 bits per heavy atom. The van der Waals surface area contributed by atoms with Crippen LogP contribution in [0, 0.1) is 6.92 Å². The highest BCUT2D eigenvalue weighted by atomic mass is 16.6. The fourth-order valence-electron chi connectivity index (χ4n) is 3.22. The highest BCUT2D eigenvalue weighted by Crippen LogP contribution is 2.25. The lowest BCUT2D eigenvalue weighted by Gasteiger charge is -2.31. The average molecular weight is 353 g/mol. The van der Waals surface area contributed by atoms with Crippen molar-refractivity contribution < 1.29 is 9.53 Å². The van der Waals surface area contributed by atoms with Gasteiger partial charge in [0.25, 0.3) is 0 Å². The molecule has 0 saturated carbocycles. The van der Waals surface area contributed by atoms with Crippen LogP contribution >= 0.6 is 0 Å². The first kappa shape index (κ1) is 18.2. The highest BCUT2D eigenvalue weighted by Gasteiger charge is 2.19. The molecule has 26 heavy (non-hydrogen) atoms. The summed E-state index contributed by atoms with van der Waals surface area (Å²) in [6, 6.07) is 10.7. The maximum atomic E-state index is 11.8. The van der Waals surface area contributed by atoms with Gasteiger partial charge in [0.15, 0.2) is 0 Å². The number of ether oxygens (including phenoxy) is 1. The van der Waals surface area contributed by atoms with Crippen molar-refractivity contribution >= 4 is 11.9 Å². The summed E-state index contributed by atoms with van der Waals surface area (Å²) in [5, 5.41) is 2.78. The summed E-state index contributed by atoms with van der Waals surface area (Å²) >= 11 is 0. The lowest BCUT2D eigenvalue weighted by Crippen LogP contribution is -2.32. The fourth-order valence-corrected chi connectivity index (χ4v) is 3.22. The van der Waals surface area contributed by atoms with E-state index in [9.17, 15) is 4.79 Å². The van der Waals surface area contributed by atoms with Crippen LogP contribution in [0.5, 0.6) is 0 Å². The molecule has 2 heterocycles. The molecule has 3 rings (SSSR count). The number of anilines is 1. The van der Waals surface area contributed by atoms with Crippen LogP contribution in [-0.2, 0) is 24.2 Å². The van der Waals surface area contributed by atoms with Gasteiger partial charge in [-0.05, 0) is 62.4 Å². The van der Waals surface area contributed by atoms with E-state index < -0.39 is 11.7 Å². The number of aryl methyl sites for hydroxylation is 1. The van der Waals surface area contributed by atoms with E-state index >= 15 is 0 Å². The Labute approximate surface area is 155 Å². The molecule has 0 aliphatic carbocycles. The molecular weight excluding hydrogens is 326 g/mol. The number of benzene rings is 1. The molecular formula is C21H27N3O2. The van der Waals surface area contributed by atoms with Gasteiger partial charge in [0, 0.05) is 25.8 Å². The van der Waals surface area contributed by atoms with Gasteiger partial charge in [-0.25, -0.2) is 9.78 Å². The standard InChI is InChI=1S/C21H27N3O2/c1-15-11-16(13-23-20(25)26-21(2,3)4)12-22-19(15)24-10-9-17-7-5-6-8-18(17)14-24/h5-8,11-12H,9-10,13-14H2,1-4H3,(H,23,25). The second-order valence-corrected chi connectivity index (χ2v) is 7.78. The minimum atomic E-state index is -0.493. The van der Waals surface area contributed by atoms with Gasteiger partial charge in [-0.3, -0.25) is 0 Å². The summed E-state index contributed by atoms with van der Waals surface area (Å²) in [6.07, 6.45) is 2.46. The van der Waals surface area contributed by atoms with Crippen molar-refractivity contribution in [3.8, 4) is 0 Å². The van der Waals surface area contributed by atoms with E-state index in [2.05, 4.69) is 52.5 Å². The molecule has 0 saturated heterocycles. The number of aromatic nitrogens is 1. The molecule has 1 N–H and O–H groups in total. The number of pyridine rings is 1. The van der Waals surface area contributed by atoms with Crippen molar-refractivity contribution in [2.24, 2.45) is 0 Å². The van der Waals surface area contributed by atoms with E-state index in [1.807, 2.05) is 27.0 Å². The van der Waals surface area contributed by atoms with Crippen LogP contribution in [0.3, 0.4) is 0 Å². The second-order valence-electron chi connectivity index (χ2n) is 7.78. The highest BCUT2D eigenvalue weighted by molar-refractivity contribution is 5.67. The molecule has 5 nitrogen and oxygen atoms in total. The molecule has 2 aromatic rings. The van der Waals surface area contributed by atoms with Crippen LogP contribution in [0.4, 0.5) is 10.6 Å². The van der Waals surface area contributed by atoms with Crippen molar-refractivity contribution in [1.29, 1.82) is 0 Å². The first-order valence-corrected chi connectivity index (χ1v) is 9.06. The monoisotopic (exact) mass is 353 g/mol. The number of alkyl carbamates (subject to hydrolysis) is 1. The van der Waals surface area contributed by atoms with Gasteiger partial charge in [0.05, 0.1) is 0 Å². The van der Waals surface area contributed by atoms with Gasteiger partial charge in [0.1, 0.15) is 11.4 Å². The van der Waals surface area contributed by atoms with E-state index in [-0.39, 0.29) is 0 Å². The molecule has 0 atom stereocenters. The molecule has 1 amide bonds. The molecule has 0 bridgehead atoms. The van der Waals surface area contributed by atoms with Gasteiger partial charge in [-0.2, -0.15) is 0 Å². The summed E-state index contributed by atoms with van der Waals surface area (Å²) in [6.45, 7) is 9.89. The lowest BCUT2D eigenvalue weighted by molar-refractivity contribution is 0.0523. The van der Waals surface area contributed by atoms with Crippen molar-refractivity contribution in [3.05, 3.63) is 58.8 Å². The van der Waals surface area contributed by atoms with Crippen molar-refractivity contribution in [2.45, 2.75) is 52.8 Å². The zero-order valence-electron chi connectivity index (χ0n) is 16.0. The SMILES string of the molecule is Cc1cc(CNC(=O)OC(C)(C)C)cnc1N1CCc2ccccc2C1. The Morgan fingerprint density at radius 1 is 1.27 bits per heavy atom. The predicted octanol–water partition coefficient (Wildman–Crippen LogP) is 3.98. The van der Waals surface area contributed by atoms with Gasteiger partial charge in [-0.15, -0.1) is 0 Å². The van der Waals surface area contributed by atoms with Crippen LogP contribution in [0.2, 0.25) is 0 Å². The van der Waals surface area contributed by atoms with Crippen molar-refractivity contribution in [3.63, 3.8) is 0 Å². The second kappa shape index (κ2) is 7.36. The van der Waals surface area contributed by atoms with E-state index in [1.54, 1.807) is 0 Å². The predicted molar refractivity (Wildman–Crippen MR) is 103 cm³/mol. The smallest absolute Gasteiger partial charge is 0.407 e. The van der Waals surface area contributed by atoms with Gasteiger partial charge >= 0.3 is 6.09 Å². The summed E-state index contributed by atoms with van der Waals surface area (Å²) in [5.41, 5.74) is 4.39. The third-order valence-corrected chi connectivity index (χ3v) is 4.37. The minimum absolute atomic E-state index is 0.409. The van der Waals surface area contributed by atoms with Crippen molar-refractivity contribution in [2.75, 3.05) is 11.4 Å². The van der Waals surface area contributed by atoms with E-state index in [1.165, 1.54) is 11.1 Å². The minimum Gasteiger partial charge on any atom is -0.444 e. The zero-order chi connectivity index (χ0) is 18.7. The van der Waals surface area contributed by atoms with Crippen LogP contribution in [0.25, 0.3) is 0 Å². The van der Waals surface area contributed by atoms with Crippen LogP contribution < -0.4 is 10.2 Å². The molecule has 0 radical (unpaired) electrons. The number of nitrogens with zero attached hydrogens (tertiary/aromatic N) is 2. The topological polar surface area (TPSA) is 54.5 Å². The first-order chi connectivity index (χ1) is 12.3. The Bertz CT molecular complexity index is 796. The van der Waals surface area contributed by atoms with Crippen molar-refractivity contribution in [1.82, 2.24) is 10.3 Å². The molecule has 5 heteroatoms. The van der Waals surface area contributed by atoms with Crippen LogP contribution in [-0.4, -0.2) is 23.2 Å². The first-order valence-electron chi connectivity index (χ1n) is 9.06. The van der Waals surface area contributed by atoms with Gasteiger partial charge in [0.2, 0.25) is 0 Å². The third kappa shape index (κ3) is 4.54. The number of carbonyl (C=O) groups is 1. The molecule has 1 aromatic heterocycles. The van der Waals surface area contributed by atoms with Crippen LogP contribution in [0.15, 0.2) is 36.5 Å². The Kier molecular flexibility index (Phi) is 5.16. The molecule has 0 fully saturated rings. The summed E-state index contributed by atoms with van der Waals surface area (Å²) in [7, 11) is 0. The van der Waals surface area contributed by atoms with E-state index in [4.69, 9.17) is 4.74 Å². The quantitative estimate of drug-likeness (QED) is 0.907. The number of fused-ring (bicyclic) bond motifs is 1. The average Bonchev–Trinajstić information content (AvgIpc) is 2.58. The Balaban J connectivity index is 1.64. The number of nitrogens with one attached hydrogen (secondary N) is 1. The molecule has 138 valence electrons. The van der Waals surface area contributed by atoms with Gasteiger partial charge < -0.3 is 15.0 Å². The van der Waals surface area contributed by atoms with Crippen LogP contribution in [0.1, 0.15) is 43.0 Å². The molecule has 0 spiro atoms. The fraction of sp³-hybridized carbons (Fsp3) is 0.429. The number of hydrogen-bond donors (Lipinski definition) is 1. The summed E-state index contributed by atoms with van der Waals surface area (Å²) < 4.78 is 5.26. The number of carbonyl (C=O) groups excluding carboxylic acids is 1. The molecule has 1 aliphatic rings. The van der Waals surface area contributed by atoms with Gasteiger partial charge in [-0.1, -0.05) is 24.3 Å². The number of hydrogen-bond acceptors (Lipinski definition) is 4. The van der Waals surface area contributed by atoms with E-state index in [0.717, 1.165) is 36.5 Å². The normalized spacial score (nSPS) is 13.9. The van der Waals surface area contributed by atoms with E-state index in [0.29, 0.717) is 6.54 Å². The summed E-state index contributed by atoms with van der Waals surface area (Å²) in [4.78, 5) is 18.8. The molecule has 0 unspecified atom stereocenters. The Morgan fingerprint density at radius 3 is 2.69 bits per heavy atom. The molecule has 1 aromatic carbocycles. The maximum absolute atomic E-state index is 11.8. The largest absolute Gasteiger partial charge is 0.444 e. The summed E-state index contributed by atoms with van der Waals surface area (Å²) in [5.74, 6) is 1.01. The molecule has 1 aliphatic heterocycles.